The first-order valence-corrected chi connectivity index (χ1v) is 8.37. The number of aryl methyl sites for hydroxylation is 3. The zero-order valence-corrected chi connectivity index (χ0v) is 13.2. The van der Waals surface area contributed by atoms with Crippen LogP contribution >= 0.6 is 11.3 Å². The van der Waals surface area contributed by atoms with Crippen molar-refractivity contribution >= 4 is 27.0 Å². The monoisotopic (exact) mass is 311 g/mol. The second-order valence-electron chi connectivity index (χ2n) is 4.65. The van der Waals surface area contributed by atoms with Crippen LogP contribution in [-0.2, 0) is 16.6 Å². The molecule has 2 aromatic rings. The molecule has 108 valence electrons. The fourth-order valence-corrected chi connectivity index (χ4v) is 4.41. The molecular weight excluding hydrogens is 294 g/mol. The lowest BCUT2D eigenvalue weighted by atomic mass is 10.1. The highest BCUT2D eigenvalue weighted by atomic mass is 32.2. The predicted molar refractivity (Wildman–Crippen MR) is 81.2 cm³/mol. The number of aromatic nitrogens is 1. The SMILES string of the molecule is Cc1ncc(CNS(=O)(=O)c2c(C)cc(N)cc2C)s1. The maximum atomic E-state index is 12.4. The highest BCUT2D eigenvalue weighted by molar-refractivity contribution is 7.89. The molecule has 0 spiro atoms. The molecule has 0 radical (unpaired) electrons. The van der Waals surface area contributed by atoms with Gasteiger partial charge in [0.05, 0.1) is 9.90 Å². The van der Waals surface area contributed by atoms with Crippen LogP contribution in [0.25, 0.3) is 0 Å². The van der Waals surface area contributed by atoms with Crippen molar-refractivity contribution in [1.29, 1.82) is 0 Å². The Balaban J connectivity index is 2.27. The molecule has 0 atom stereocenters. The summed E-state index contributed by atoms with van der Waals surface area (Å²) >= 11 is 1.48. The lowest BCUT2D eigenvalue weighted by Crippen LogP contribution is -2.24. The number of hydrogen-bond donors (Lipinski definition) is 2. The van der Waals surface area contributed by atoms with Crippen molar-refractivity contribution in [3.63, 3.8) is 0 Å². The average Bonchev–Trinajstić information content (AvgIpc) is 2.71. The third-order valence-electron chi connectivity index (χ3n) is 2.86. The van der Waals surface area contributed by atoms with E-state index in [0.29, 0.717) is 21.7 Å². The van der Waals surface area contributed by atoms with Gasteiger partial charge in [-0.1, -0.05) is 0 Å². The molecule has 0 saturated heterocycles. The van der Waals surface area contributed by atoms with Crippen LogP contribution < -0.4 is 10.5 Å². The van der Waals surface area contributed by atoms with Crippen molar-refractivity contribution in [1.82, 2.24) is 9.71 Å². The smallest absolute Gasteiger partial charge is 0.241 e. The second kappa shape index (κ2) is 5.51. The van der Waals surface area contributed by atoms with Crippen LogP contribution in [0.5, 0.6) is 0 Å². The zero-order chi connectivity index (χ0) is 14.9. The van der Waals surface area contributed by atoms with E-state index in [1.807, 2.05) is 6.92 Å². The van der Waals surface area contributed by atoms with Gasteiger partial charge in [-0.25, -0.2) is 18.1 Å². The van der Waals surface area contributed by atoms with E-state index in [1.165, 1.54) is 11.3 Å². The Morgan fingerprint density at radius 2 is 1.85 bits per heavy atom. The van der Waals surface area contributed by atoms with Gasteiger partial charge in [-0.05, 0) is 44.0 Å². The molecule has 5 nitrogen and oxygen atoms in total. The molecule has 0 amide bonds. The quantitative estimate of drug-likeness (QED) is 0.847. The molecule has 0 aliphatic carbocycles. The minimum Gasteiger partial charge on any atom is -0.399 e. The Hall–Kier alpha value is -1.44. The van der Waals surface area contributed by atoms with Gasteiger partial charge in [-0.15, -0.1) is 11.3 Å². The first kappa shape index (κ1) is 15.0. The molecular formula is C13H17N3O2S2. The summed E-state index contributed by atoms with van der Waals surface area (Å²) in [6.45, 7) is 5.62. The molecule has 0 fully saturated rings. The number of sulfonamides is 1. The van der Waals surface area contributed by atoms with Crippen LogP contribution in [0.3, 0.4) is 0 Å². The Bertz CT molecular complexity index is 713. The van der Waals surface area contributed by atoms with Gasteiger partial charge >= 0.3 is 0 Å². The van der Waals surface area contributed by atoms with Crippen molar-refractivity contribution in [2.45, 2.75) is 32.2 Å². The second-order valence-corrected chi connectivity index (χ2v) is 7.68. The van der Waals surface area contributed by atoms with Gasteiger partial charge in [0.1, 0.15) is 0 Å². The maximum absolute atomic E-state index is 12.4. The molecule has 0 aliphatic rings. The first-order valence-electron chi connectivity index (χ1n) is 6.07. The fraction of sp³-hybridized carbons (Fsp3) is 0.308. The van der Waals surface area contributed by atoms with Crippen molar-refractivity contribution in [3.05, 3.63) is 39.3 Å². The van der Waals surface area contributed by atoms with Gasteiger partial charge in [0, 0.05) is 23.3 Å². The van der Waals surface area contributed by atoms with Crippen molar-refractivity contribution in [2.75, 3.05) is 5.73 Å². The lowest BCUT2D eigenvalue weighted by molar-refractivity contribution is 0.580. The lowest BCUT2D eigenvalue weighted by Gasteiger charge is -2.12. The van der Waals surface area contributed by atoms with Crippen LogP contribution in [0.2, 0.25) is 0 Å². The highest BCUT2D eigenvalue weighted by Gasteiger charge is 2.19. The Labute approximate surface area is 122 Å². The van der Waals surface area contributed by atoms with Crippen LogP contribution in [-0.4, -0.2) is 13.4 Å². The molecule has 0 saturated carbocycles. The molecule has 1 aromatic carbocycles. The van der Waals surface area contributed by atoms with Crippen LogP contribution in [0.4, 0.5) is 5.69 Å². The third-order valence-corrected chi connectivity index (χ3v) is 5.48. The molecule has 1 aromatic heterocycles. The van der Waals surface area contributed by atoms with Gasteiger partial charge in [-0.2, -0.15) is 0 Å². The van der Waals surface area contributed by atoms with Crippen LogP contribution in [0, 0.1) is 20.8 Å². The number of hydrogen-bond acceptors (Lipinski definition) is 5. The van der Waals surface area contributed by atoms with Crippen molar-refractivity contribution in [3.8, 4) is 0 Å². The number of benzene rings is 1. The third kappa shape index (κ3) is 3.17. The van der Waals surface area contributed by atoms with Crippen LogP contribution in [0.1, 0.15) is 21.0 Å². The Kier molecular flexibility index (Phi) is 4.12. The number of nitrogens with two attached hydrogens (primary N) is 1. The molecule has 2 rings (SSSR count). The molecule has 20 heavy (non-hydrogen) atoms. The summed E-state index contributed by atoms with van der Waals surface area (Å²) in [5, 5.41) is 0.916. The van der Waals surface area contributed by atoms with Gasteiger partial charge < -0.3 is 5.73 Å². The number of nitrogen functional groups attached to an aromatic ring is 1. The van der Waals surface area contributed by atoms with E-state index < -0.39 is 10.0 Å². The summed E-state index contributed by atoms with van der Waals surface area (Å²) in [6.07, 6.45) is 1.69. The van der Waals surface area contributed by atoms with Crippen molar-refractivity contribution < 1.29 is 8.42 Å². The number of nitrogens with zero attached hydrogens (tertiary/aromatic N) is 1. The molecule has 0 bridgehead atoms. The van der Waals surface area contributed by atoms with E-state index in [9.17, 15) is 8.42 Å². The summed E-state index contributed by atoms with van der Waals surface area (Å²) in [6, 6.07) is 3.33. The number of rotatable bonds is 4. The normalized spacial score (nSPS) is 11.8. The summed E-state index contributed by atoms with van der Waals surface area (Å²) in [5.74, 6) is 0. The number of thiazole rings is 1. The van der Waals surface area contributed by atoms with Crippen molar-refractivity contribution in [2.24, 2.45) is 0 Å². The number of nitrogens with one attached hydrogen (secondary N) is 1. The van der Waals surface area contributed by atoms with E-state index in [-0.39, 0.29) is 6.54 Å². The average molecular weight is 311 g/mol. The summed E-state index contributed by atoms with van der Waals surface area (Å²) in [5.41, 5.74) is 7.58. The molecule has 1 heterocycles. The van der Waals surface area contributed by atoms with Gasteiger partial charge in [0.25, 0.3) is 0 Å². The highest BCUT2D eigenvalue weighted by Crippen LogP contribution is 2.23. The van der Waals surface area contributed by atoms with E-state index >= 15 is 0 Å². The Morgan fingerprint density at radius 3 is 2.35 bits per heavy atom. The minimum atomic E-state index is -3.55. The van der Waals surface area contributed by atoms with E-state index in [4.69, 9.17) is 5.73 Å². The summed E-state index contributed by atoms with van der Waals surface area (Å²) < 4.78 is 27.4. The van der Waals surface area contributed by atoms with Gasteiger partial charge in [-0.3, -0.25) is 0 Å². The standard InChI is InChI=1S/C13H17N3O2S2/c1-8-4-11(14)5-9(2)13(8)20(17,18)16-7-12-6-15-10(3)19-12/h4-6,16H,7,14H2,1-3H3. The maximum Gasteiger partial charge on any atom is 0.241 e. The molecule has 0 unspecified atom stereocenters. The minimum absolute atomic E-state index is 0.247. The Morgan fingerprint density at radius 1 is 1.25 bits per heavy atom. The van der Waals surface area contributed by atoms with E-state index in [1.54, 1.807) is 32.2 Å². The molecule has 7 heteroatoms. The topological polar surface area (TPSA) is 85.1 Å². The summed E-state index contributed by atoms with van der Waals surface area (Å²) in [7, 11) is -3.55. The van der Waals surface area contributed by atoms with Gasteiger partial charge in [0.2, 0.25) is 10.0 Å². The van der Waals surface area contributed by atoms with E-state index in [2.05, 4.69) is 9.71 Å². The van der Waals surface area contributed by atoms with Crippen LogP contribution in [0.15, 0.2) is 23.2 Å². The molecule has 3 N–H and O–H groups in total. The van der Waals surface area contributed by atoms with Gasteiger partial charge in [0.15, 0.2) is 0 Å². The first-order chi connectivity index (χ1) is 9.29. The number of anilines is 1. The molecule has 0 aliphatic heterocycles. The predicted octanol–water partition coefficient (Wildman–Crippen LogP) is 2.13. The zero-order valence-electron chi connectivity index (χ0n) is 11.6. The fourth-order valence-electron chi connectivity index (χ4n) is 2.13. The largest absolute Gasteiger partial charge is 0.399 e. The summed E-state index contributed by atoms with van der Waals surface area (Å²) in [4.78, 5) is 5.29. The van der Waals surface area contributed by atoms with E-state index in [0.717, 1.165) is 9.88 Å².